The smallest absolute Gasteiger partial charge is 0.283 e. The molecule has 0 fully saturated rings. The Balaban J connectivity index is 1.34. The van der Waals surface area contributed by atoms with Gasteiger partial charge in [-0.25, -0.2) is 4.98 Å². The van der Waals surface area contributed by atoms with Gasteiger partial charge in [0.05, 0.1) is 20.0 Å². The molecule has 2 N–H and O–H groups in total. The first kappa shape index (κ1) is 29.5. The maximum absolute atomic E-state index is 12.7. The van der Waals surface area contributed by atoms with E-state index in [0.29, 0.717) is 42.3 Å². The number of aromatic nitrogens is 1. The fourth-order valence-electron chi connectivity index (χ4n) is 4.05. The lowest BCUT2D eigenvalue weighted by Gasteiger charge is -2.07. The number of nitriles is 1. The quantitative estimate of drug-likeness (QED) is 0.0768. The summed E-state index contributed by atoms with van der Waals surface area (Å²) < 4.78 is 1.38. The van der Waals surface area contributed by atoms with Gasteiger partial charge in [-0.15, -0.1) is 11.3 Å². The number of rotatable bonds is 8. The van der Waals surface area contributed by atoms with E-state index >= 15 is 0 Å². The van der Waals surface area contributed by atoms with E-state index in [1.165, 1.54) is 23.5 Å². The highest BCUT2D eigenvalue weighted by atomic mass is 35.5. The SMILES string of the molecule is Cc1ccccc1C(=O)Nc1ccc2nc(Sc3ccc(/C=C(\C#N)C(=O)Nc4ccc(Cl)cc4)cc3[N+](=O)[O-])sc2c1. The number of thiazole rings is 1. The zero-order chi connectivity index (χ0) is 30.5. The number of carbonyl (C=O) groups excluding carboxylic acids is 2. The molecule has 0 radical (unpaired) electrons. The predicted molar refractivity (Wildman–Crippen MR) is 170 cm³/mol. The summed E-state index contributed by atoms with van der Waals surface area (Å²) in [6.45, 7) is 1.87. The second-order valence-corrected chi connectivity index (χ2v) is 11.9. The monoisotopic (exact) mass is 625 g/mol. The fourth-order valence-corrected chi connectivity index (χ4v) is 6.32. The lowest BCUT2D eigenvalue weighted by Crippen LogP contribution is -2.13. The van der Waals surface area contributed by atoms with E-state index in [-0.39, 0.29) is 17.2 Å². The van der Waals surface area contributed by atoms with E-state index in [9.17, 15) is 25.0 Å². The summed E-state index contributed by atoms with van der Waals surface area (Å²) in [7, 11) is 0. The van der Waals surface area contributed by atoms with Gasteiger partial charge in [0.25, 0.3) is 17.5 Å². The number of aryl methyl sites for hydroxylation is 1. The normalized spacial score (nSPS) is 11.1. The van der Waals surface area contributed by atoms with Gasteiger partial charge in [0, 0.05) is 28.0 Å². The largest absolute Gasteiger partial charge is 0.322 e. The van der Waals surface area contributed by atoms with Crippen LogP contribution in [0.2, 0.25) is 5.02 Å². The third-order valence-corrected chi connectivity index (χ3v) is 8.57. The van der Waals surface area contributed by atoms with Crippen molar-refractivity contribution in [1.29, 1.82) is 5.26 Å². The van der Waals surface area contributed by atoms with Crippen LogP contribution in [0.25, 0.3) is 16.3 Å². The molecule has 0 aliphatic heterocycles. The molecule has 212 valence electrons. The van der Waals surface area contributed by atoms with E-state index in [1.54, 1.807) is 54.6 Å². The number of nitrogens with one attached hydrogen (secondary N) is 2. The molecule has 0 aliphatic rings. The Morgan fingerprint density at radius 1 is 1.02 bits per heavy atom. The summed E-state index contributed by atoms with van der Waals surface area (Å²) >= 11 is 8.34. The van der Waals surface area contributed by atoms with Crippen molar-refractivity contribution in [3.63, 3.8) is 0 Å². The third-order valence-electron chi connectivity index (χ3n) is 6.17. The summed E-state index contributed by atoms with van der Waals surface area (Å²) in [6, 6.07) is 25.3. The van der Waals surface area contributed by atoms with Crippen LogP contribution in [-0.2, 0) is 4.79 Å². The Labute approximate surface area is 259 Å². The third kappa shape index (κ3) is 7.07. The number of hydrogen-bond donors (Lipinski definition) is 2. The van der Waals surface area contributed by atoms with Gasteiger partial charge in [-0.05, 0) is 78.7 Å². The summed E-state index contributed by atoms with van der Waals surface area (Å²) in [5.74, 6) is -0.877. The summed E-state index contributed by atoms with van der Waals surface area (Å²) in [5, 5.41) is 27.5. The molecule has 0 aliphatic carbocycles. The van der Waals surface area contributed by atoms with Crippen LogP contribution in [0.4, 0.5) is 17.1 Å². The van der Waals surface area contributed by atoms with E-state index in [4.69, 9.17) is 11.6 Å². The van der Waals surface area contributed by atoms with Crippen molar-refractivity contribution in [2.24, 2.45) is 0 Å². The minimum Gasteiger partial charge on any atom is -0.322 e. The second-order valence-electron chi connectivity index (χ2n) is 9.15. The molecule has 0 bridgehead atoms. The molecule has 5 aromatic rings. The fraction of sp³-hybridized carbons (Fsp3) is 0.0323. The number of fused-ring (bicyclic) bond motifs is 1. The molecule has 2 amide bonds. The van der Waals surface area contributed by atoms with E-state index in [0.717, 1.165) is 22.0 Å². The van der Waals surface area contributed by atoms with Crippen LogP contribution in [0.15, 0.2) is 99.7 Å². The number of nitrogens with zero attached hydrogens (tertiary/aromatic N) is 3. The van der Waals surface area contributed by atoms with Crippen molar-refractivity contribution >= 4 is 79.9 Å². The highest BCUT2D eigenvalue weighted by Gasteiger charge is 2.19. The van der Waals surface area contributed by atoms with Crippen molar-refractivity contribution < 1.29 is 14.5 Å². The van der Waals surface area contributed by atoms with Gasteiger partial charge in [-0.3, -0.25) is 19.7 Å². The molecule has 0 atom stereocenters. The van der Waals surface area contributed by atoms with Crippen LogP contribution >= 0.6 is 34.7 Å². The van der Waals surface area contributed by atoms with Gasteiger partial charge in [-0.1, -0.05) is 47.6 Å². The number of benzene rings is 4. The van der Waals surface area contributed by atoms with Crippen molar-refractivity contribution in [3.05, 3.63) is 122 Å². The Hall–Kier alpha value is -5.02. The average molecular weight is 626 g/mol. The van der Waals surface area contributed by atoms with E-state index in [1.807, 2.05) is 37.3 Å². The molecule has 1 heterocycles. The first-order valence-corrected chi connectivity index (χ1v) is 14.6. The molecule has 4 aromatic carbocycles. The summed E-state index contributed by atoms with van der Waals surface area (Å²) in [4.78, 5) is 41.7. The molecule has 12 heteroatoms. The van der Waals surface area contributed by atoms with Gasteiger partial charge in [0.1, 0.15) is 11.6 Å². The number of amides is 2. The molecular formula is C31H20ClN5O4S2. The number of nitro benzene ring substituents is 1. The summed E-state index contributed by atoms with van der Waals surface area (Å²) in [5.41, 5.74) is 3.09. The number of hydrogen-bond acceptors (Lipinski definition) is 8. The van der Waals surface area contributed by atoms with Crippen molar-refractivity contribution in [2.45, 2.75) is 16.2 Å². The van der Waals surface area contributed by atoms with E-state index < -0.39 is 10.8 Å². The molecule has 9 nitrogen and oxygen atoms in total. The first-order valence-electron chi connectivity index (χ1n) is 12.6. The number of nitro groups is 1. The van der Waals surface area contributed by atoms with Crippen LogP contribution in [0, 0.1) is 28.4 Å². The highest BCUT2D eigenvalue weighted by molar-refractivity contribution is 8.01. The molecule has 5 rings (SSSR count). The van der Waals surface area contributed by atoms with Crippen LogP contribution in [-0.4, -0.2) is 21.7 Å². The molecular weight excluding hydrogens is 606 g/mol. The van der Waals surface area contributed by atoms with Gasteiger partial charge < -0.3 is 10.6 Å². The Kier molecular flexibility index (Phi) is 8.82. The van der Waals surface area contributed by atoms with Gasteiger partial charge in [-0.2, -0.15) is 5.26 Å². The van der Waals surface area contributed by atoms with Crippen molar-refractivity contribution in [2.75, 3.05) is 10.6 Å². The lowest BCUT2D eigenvalue weighted by molar-refractivity contribution is -0.387. The molecule has 0 unspecified atom stereocenters. The first-order chi connectivity index (χ1) is 20.7. The molecule has 0 saturated heterocycles. The van der Waals surface area contributed by atoms with Crippen LogP contribution in [0.3, 0.4) is 0 Å². The van der Waals surface area contributed by atoms with Gasteiger partial charge >= 0.3 is 0 Å². The minimum absolute atomic E-state index is 0.195. The molecule has 0 spiro atoms. The topological polar surface area (TPSA) is 138 Å². The standard InChI is InChI=1S/C31H20ClN5O4S2/c1-18-4-2-3-5-24(18)30(39)35-23-11-12-25-28(16-23)43-31(36-25)42-27-13-6-19(15-26(27)37(40)41)14-20(17-33)29(38)34-22-9-7-21(32)8-10-22/h2-16H,1H3,(H,34,38)(H,35,39)/b20-14+. The lowest BCUT2D eigenvalue weighted by atomic mass is 10.1. The zero-order valence-electron chi connectivity index (χ0n) is 22.3. The highest BCUT2D eigenvalue weighted by Crippen LogP contribution is 2.40. The number of carbonyl (C=O) groups is 2. The average Bonchev–Trinajstić information content (AvgIpc) is 3.39. The zero-order valence-corrected chi connectivity index (χ0v) is 24.7. The summed E-state index contributed by atoms with van der Waals surface area (Å²) in [6.07, 6.45) is 1.29. The number of anilines is 2. The number of halogens is 1. The second kappa shape index (κ2) is 12.9. The Morgan fingerprint density at radius 3 is 2.49 bits per heavy atom. The maximum atomic E-state index is 12.7. The molecule has 1 aromatic heterocycles. The molecule has 43 heavy (non-hydrogen) atoms. The van der Waals surface area contributed by atoms with Crippen LogP contribution in [0.1, 0.15) is 21.5 Å². The molecule has 0 saturated carbocycles. The predicted octanol–water partition coefficient (Wildman–Crippen LogP) is 8.12. The van der Waals surface area contributed by atoms with Gasteiger partial charge in [0.2, 0.25) is 0 Å². The Bertz CT molecular complexity index is 1970. The van der Waals surface area contributed by atoms with Gasteiger partial charge in [0.15, 0.2) is 4.34 Å². The van der Waals surface area contributed by atoms with Crippen LogP contribution < -0.4 is 10.6 Å². The van der Waals surface area contributed by atoms with Crippen molar-refractivity contribution in [3.8, 4) is 6.07 Å². The maximum Gasteiger partial charge on any atom is 0.283 e. The van der Waals surface area contributed by atoms with Crippen LogP contribution in [0.5, 0.6) is 0 Å². The van der Waals surface area contributed by atoms with Crippen molar-refractivity contribution in [1.82, 2.24) is 4.98 Å². The Morgan fingerprint density at radius 2 is 1.77 bits per heavy atom. The minimum atomic E-state index is -0.658. The van der Waals surface area contributed by atoms with E-state index in [2.05, 4.69) is 15.6 Å².